The topological polar surface area (TPSA) is 39.7 Å². The molecule has 0 radical (unpaired) electrons. The number of ether oxygens (including phenoxy) is 3. The molecule has 1 atom stereocenters. The molecule has 0 saturated carbocycles. The van der Waals surface area contributed by atoms with E-state index in [0.717, 1.165) is 61.4 Å². The van der Waals surface area contributed by atoms with Crippen molar-refractivity contribution in [1.82, 2.24) is 0 Å². The van der Waals surface area contributed by atoms with Crippen molar-refractivity contribution in [2.24, 2.45) is 0 Å². The first kappa shape index (κ1) is 15.1. The van der Waals surface area contributed by atoms with Gasteiger partial charge in [0.05, 0.1) is 18.4 Å². The molecule has 0 aliphatic carbocycles. The summed E-state index contributed by atoms with van der Waals surface area (Å²) in [5, 5.41) is 3.65. The number of halogens is 1. The number of rotatable bonds is 3. The van der Waals surface area contributed by atoms with E-state index < -0.39 is 0 Å². The van der Waals surface area contributed by atoms with E-state index in [2.05, 4.69) is 21.2 Å². The van der Waals surface area contributed by atoms with Crippen molar-refractivity contribution in [2.45, 2.75) is 37.3 Å². The summed E-state index contributed by atoms with van der Waals surface area (Å²) < 4.78 is 17.9. The zero-order chi connectivity index (χ0) is 14.7. The molecule has 4 nitrogen and oxygen atoms in total. The van der Waals surface area contributed by atoms with Crippen LogP contribution in [0.3, 0.4) is 0 Å². The summed E-state index contributed by atoms with van der Waals surface area (Å²) in [7, 11) is 1.69. The van der Waals surface area contributed by atoms with Gasteiger partial charge in [-0.05, 0) is 53.7 Å². The summed E-state index contributed by atoms with van der Waals surface area (Å²) in [6.07, 6.45) is 4.08. The molecule has 1 spiro atoms. The lowest BCUT2D eigenvalue weighted by atomic mass is 9.84. The van der Waals surface area contributed by atoms with Crippen LogP contribution in [0.4, 0.5) is 5.69 Å². The average molecular weight is 356 g/mol. The maximum Gasteiger partial charge on any atom is 0.121 e. The second-order valence-electron chi connectivity index (χ2n) is 5.82. The highest BCUT2D eigenvalue weighted by Gasteiger charge is 2.39. The predicted molar refractivity (Wildman–Crippen MR) is 86.1 cm³/mol. The Kier molecular flexibility index (Phi) is 4.72. The van der Waals surface area contributed by atoms with Gasteiger partial charge in [0.1, 0.15) is 5.75 Å². The Bertz CT molecular complexity index is 483. The van der Waals surface area contributed by atoms with E-state index in [1.165, 1.54) is 0 Å². The Balaban J connectivity index is 1.69. The number of benzene rings is 1. The standard InChI is InChI=1S/C16H22BrNO3/c1-19-13-2-3-14(17)15(10-13)18-12-4-7-21-16(11-12)5-8-20-9-6-16/h2-3,10,12,18H,4-9,11H2,1H3. The van der Waals surface area contributed by atoms with Gasteiger partial charge >= 0.3 is 0 Å². The Hall–Kier alpha value is -0.780. The lowest BCUT2D eigenvalue weighted by Gasteiger charge is -2.43. The molecule has 2 heterocycles. The fraction of sp³-hybridized carbons (Fsp3) is 0.625. The van der Waals surface area contributed by atoms with Gasteiger partial charge in [-0.15, -0.1) is 0 Å². The van der Waals surface area contributed by atoms with Crippen molar-refractivity contribution in [3.8, 4) is 5.75 Å². The Morgan fingerprint density at radius 1 is 1.29 bits per heavy atom. The third kappa shape index (κ3) is 3.52. The van der Waals surface area contributed by atoms with Crippen molar-refractivity contribution < 1.29 is 14.2 Å². The summed E-state index contributed by atoms with van der Waals surface area (Å²) in [5.74, 6) is 0.869. The first-order valence-electron chi connectivity index (χ1n) is 7.53. The van der Waals surface area contributed by atoms with Crippen LogP contribution in [0.25, 0.3) is 0 Å². The minimum atomic E-state index is 0.0134. The van der Waals surface area contributed by atoms with Gasteiger partial charge in [0.2, 0.25) is 0 Å². The molecule has 3 rings (SSSR count). The molecule has 2 fully saturated rings. The van der Waals surface area contributed by atoms with E-state index in [1.54, 1.807) is 7.11 Å². The molecule has 0 amide bonds. The second-order valence-corrected chi connectivity index (χ2v) is 6.68. The van der Waals surface area contributed by atoms with Gasteiger partial charge in [-0.3, -0.25) is 0 Å². The van der Waals surface area contributed by atoms with Crippen LogP contribution in [0.15, 0.2) is 22.7 Å². The molecule has 21 heavy (non-hydrogen) atoms. The number of anilines is 1. The van der Waals surface area contributed by atoms with Crippen molar-refractivity contribution in [3.05, 3.63) is 22.7 Å². The van der Waals surface area contributed by atoms with Crippen LogP contribution >= 0.6 is 15.9 Å². The SMILES string of the molecule is COc1ccc(Br)c(NC2CCOC3(CCOCC3)C2)c1. The molecule has 5 heteroatoms. The monoisotopic (exact) mass is 355 g/mol. The van der Waals surface area contributed by atoms with Crippen molar-refractivity contribution in [3.63, 3.8) is 0 Å². The van der Waals surface area contributed by atoms with Gasteiger partial charge in [0.15, 0.2) is 0 Å². The zero-order valence-electron chi connectivity index (χ0n) is 12.4. The second kappa shape index (κ2) is 6.55. The molecule has 1 N–H and O–H groups in total. The highest BCUT2D eigenvalue weighted by Crippen LogP contribution is 2.36. The van der Waals surface area contributed by atoms with Crippen LogP contribution in [0, 0.1) is 0 Å². The highest BCUT2D eigenvalue weighted by atomic mass is 79.9. The molecule has 0 aromatic heterocycles. The third-order valence-electron chi connectivity index (χ3n) is 4.43. The largest absolute Gasteiger partial charge is 0.497 e. The van der Waals surface area contributed by atoms with E-state index in [4.69, 9.17) is 14.2 Å². The molecule has 1 aromatic rings. The van der Waals surface area contributed by atoms with Crippen LogP contribution in [0.2, 0.25) is 0 Å². The van der Waals surface area contributed by atoms with Crippen LogP contribution in [-0.4, -0.2) is 38.6 Å². The molecular weight excluding hydrogens is 334 g/mol. The average Bonchev–Trinajstić information content (AvgIpc) is 2.50. The van der Waals surface area contributed by atoms with Crippen molar-refractivity contribution in [2.75, 3.05) is 32.2 Å². The van der Waals surface area contributed by atoms with Crippen LogP contribution in [-0.2, 0) is 9.47 Å². The summed E-state index contributed by atoms with van der Waals surface area (Å²) in [4.78, 5) is 0. The van der Waals surface area contributed by atoms with Gasteiger partial charge in [-0.1, -0.05) is 0 Å². The first-order valence-corrected chi connectivity index (χ1v) is 8.32. The maximum atomic E-state index is 6.09. The third-order valence-corrected chi connectivity index (χ3v) is 5.12. The van der Waals surface area contributed by atoms with Crippen LogP contribution < -0.4 is 10.1 Å². The highest BCUT2D eigenvalue weighted by molar-refractivity contribution is 9.10. The van der Waals surface area contributed by atoms with Gasteiger partial charge in [0, 0.05) is 36.4 Å². The van der Waals surface area contributed by atoms with Crippen molar-refractivity contribution in [1.29, 1.82) is 0 Å². The van der Waals surface area contributed by atoms with E-state index in [-0.39, 0.29) is 5.60 Å². The predicted octanol–water partition coefficient (Wildman–Crippen LogP) is 3.60. The van der Waals surface area contributed by atoms with Crippen LogP contribution in [0.5, 0.6) is 5.75 Å². The minimum Gasteiger partial charge on any atom is -0.497 e. The zero-order valence-corrected chi connectivity index (χ0v) is 13.9. The number of hydrogen-bond donors (Lipinski definition) is 1. The van der Waals surface area contributed by atoms with Gasteiger partial charge < -0.3 is 19.5 Å². The van der Waals surface area contributed by atoms with E-state index in [1.807, 2.05) is 18.2 Å². The Morgan fingerprint density at radius 3 is 2.86 bits per heavy atom. The molecule has 2 aliphatic heterocycles. The normalized spacial score (nSPS) is 24.8. The Morgan fingerprint density at radius 2 is 2.10 bits per heavy atom. The fourth-order valence-electron chi connectivity index (χ4n) is 3.20. The van der Waals surface area contributed by atoms with Crippen molar-refractivity contribution >= 4 is 21.6 Å². The fourth-order valence-corrected chi connectivity index (χ4v) is 3.57. The quantitative estimate of drug-likeness (QED) is 0.899. The molecule has 116 valence electrons. The van der Waals surface area contributed by atoms with E-state index >= 15 is 0 Å². The van der Waals surface area contributed by atoms with Gasteiger partial charge in [-0.25, -0.2) is 0 Å². The van der Waals surface area contributed by atoms with E-state index in [9.17, 15) is 0 Å². The van der Waals surface area contributed by atoms with E-state index in [0.29, 0.717) is 6.04 Å². The lowest BCUT2D eigenvalue weighted by Crippen LogP contribution is -2.47. The number of methoxy groups -OCH3 is 1. The van der Waals surface area contributed by atoms with Gasteiger partial charge in [-0.2, -0.15) is 0 Å². The smallest absolute Gasteiger partial charge is 0.121 e. The number of nitrogens with one attached hydrogen (secondary N) is 1. The Labute approximate surface area is 134 Å². The summed E-state index contributed by atoms with van der Waals surface area (Å²) in [5.41, 5.74) is 1.10. The first-order chi connectivity index (χ1) is 10.2. The molecule has 2 aliphatic rings. The lowest BCUT2D eigenvalue weighted by molar-refractivity contribution is -0.135. The minimum absolute atomic E-state index is 0.0134. The molecule has 1 aromatic carbocycles. The number of hydrogen-bond acceptors (Lipinski definition) is 4. The summed E-state index contributed by atoms with van der Waals surface area (Å²) in [6.45, 7) is 2.45. The summed E-state index contributed by atoms with van der Waals surface area (Å²) >= 11 is 3.60. The molecule has 0 bridgehead atoms. The molecule has 1 unspecified atom stereocenters. The summed E-state index contributed by atoms with van der Waals surface area (Å²) in [6, 6.07) is 6.44. The maximum absolute atomic E-state index is 6.09. The van der Waals surface area contributed by atoms with Gasteiger partial charge in [0.25, 0.3) is 0 Å². The molecular formula is C16H22BrNO3. The molecule has 2 saturated heterocycles. The van der Waals surface area contributed by atoms with Crippen LogP contribution in [0.1, 0.15) is 25.7 Å².